The van der Waals surface area contributed by atoms with Crippen LogP contribution in [0.2, 0.25) is 0 Å². The van der Waals surface area contributed by atoms with E-state index in [1.54, 1.807) is 12.1 Å². The Bertz CT molecular complexity index is 692. The molecule has 3 N–H and O–H groups in total. The van der Waals surface area contributed by atoms with Crippen molar-refractivity contribution < 1.29 is 8.42 Å². The minimum absolute atomic E-state index is 0.222. The van der Waals surface area contributed by atoms with E-state index in [2.05, 4.69) is 5.32 Å². The van der Waals surface area contributed by atoms with Gasteiger partial charge in [0.2, 0.25) is 0 Å². The summed E-state index contributed by atoms with van der Waals surface area (Å²) in [7, 11) is -3.23. The van der Waals surface area contributed by atoms with E-state index >= 15 is 0 Å². The highest BCUT2D eigenvalue weighted by Crippen LogP contribution is 2.26. The Kier molecular flexibility index (Phi) is 3.48. The van der Waals surface area contributed by atoms with E-state index in [0.29, 0.717) is 11.4 Å². The molecule has 5 heteroatoms. The molecule has 0 spiro atoms. The molecule has 0 atom stereocenters. The van der Waals surface area contributed by atoms with Crippen LogP contribution >= 0.6 is 0 Å². The summed E-state index contributed by atoms with van der Waals surface area (Å²) >= 11 is 0. The van der Waals surface area contributed by atoms with Gasteiger partial charge in [-0.3, -0.25) is 0 Å². The molecule has 0 aliphatic heterocycles. The SMILES string of the molecule is Cc1ccc(Nc2ccc(S(C)(=O)=O)cc2N)cc1. The van der Waals surface area contributed by atoms with Crippen LogP contribution in [-0.4, -0.2) is 14.7 Å². The minimum Gasteiger partial charge on any atom is -0.397 e. The van der Waals surface area contributed by atoms with Gasteiger partial charge in [0, 0.05) is 11.9 Å². The summed E-state index contributed by atoms with van der Waals surface area (Å²) in [6.07, 6.45) is 1.16. The van der Waals surface area contributed by atoms with E-state index in [-0.39, 0.29) is 4.90 Å². The van der Waals surface area contributed by atoms with Crippen LogP contribution in [0.25, 0.3) is 0 Å². The van der Waals surface area contributed by atoms with Crippen molar-refractivity contribution in [2.45, 2.75) is 11.8 Å². The molecule has 0 fully saturated rings. The standard InChI is InChI=1S/C14H16N2O2S/c1-10-3-5-11(6-4-10)16-14-8-7-12(9-13(14)15)19(2,17)18/h3-9,16H,15H2,1-2H3. The van der Waals surface area contributed by atoms with Crippen molar-refractivity contribution in [2.75, 3.05) is 17.3 Å². The van der Waals surface area contributed by atoms with Crippen LogP contribution in [0.15, 0.2) is 47.4 Å². The molecule has 0 aromatic heterocycles. The molecule has 0 radical (unpaired) electrons. The molecule has 2 aromatic rings. The lowest BCUT2D eigenvalue weighted by Crippen LogP contribution is -2.01. The highest BCUT2D eigenvalue weighted by atomic mass is 32.2. The molecule has 0 unspecified atom stereocenters. The fourth-order valence-corrected chi connectivity index (χ4v) is 2.33. The normalized spacial score (nSPS) is 11.3. The molecular weight excluding hydrogens is 260 g/mol. The Morgan fingerprint density at radius 2 is 1.68 bits per heavy atom. The number of aryl methyl sites for hydroxylation is 1. The van der Waals surface area contributed by atoms with Crippen molar-refractivity contribution in [1.82, 2.24) is 0 Å². The maximum absolute atomic E-state index is 11.4. The van der Waals surface area contributed by atoms with Crippen molar-refractivity contribution in [1.29, 1.82) is 0 Å². The summed E-state index contributed by atoms with van der Waals surface area (Å²) in [4.78, 5) is 0.222. The fourth-order valence-electron chi connectivity index (χ4n) is 1.68. The fraction of sp³-hybridized carbons (Fsp3) is 0.143. The average molecular weight is 276 g/mol. The molecule has 0 aliphatic rings. The zero-order chi connectivity index (χ0) is 14.0. The monoisotopic (exact) mass is 276 g/mol. The van der Waals surface area contributed by atoms with Crippen LogP contribution in [0, 0.1) is 6.92 Å². The van der Waals surface area contributed by atoms with Crippen molar-refractivity contribution in [3.8, 4) is 0 Å². The van der Waals surface area contributed by atoms with E-state index in [1.165, 1.54) is 11.6 Å². The van der Waals surface area contributed by atoms with Gasteiger partial charge in [0.15, 0.2) is 9.84 Å². The Morgan fingerprint density at radius 1 is 1.05 bits per heavy atom. The van der Waals surface area contributed by atoms with Gasteiger partial charge < -0.3 is 11.1 Å². The first kappa shape index (κ1) is 13.4. The molecule has 19 heavy (non-hydrogen) atoms. The molecule has 0 saturated carbocycles. The van der Waals surface area contributed by atoms with E-state index in [9.17, 15) is 8.42 Å². The van der Waals surface area contributed by atoms with Gasteiger partial charge in [0.1, 0.15) is 0 Å². The summed E-state index contributed by atoms with van der Waals surface area (Å²) in [6.45, 7) is 2.01. The quantitative estimate of drug-likeness (QED) is 0.845. The van der Waals surface area contributed by atoms with Gasteiger partial charge in [0.25, 0.3) is 0 Å². The lowest BCUT2D eigenvalue weighted by Gasteiger charge is -2.10. The Hall–Kier alpha value is -2.01. The zero-order valence-electron chi connectivity index (χ0n) is 10.8. The number of rotatable bonds is 3. The summed E-state index contributed by atoms with van der Waals surface area (Å²) < 4.78 is 22.8. The van der Waals surface area contributed by atoms with E-state index < -0.39 is 9.84 Å². The number of anilines is 3. The second kappa shape index (κ2) is 4.93. The summed E-state index contributed by atoms with van der Waals surface area (Å²) in [5.41, 5.74) is 9.04. The first-order chi connectivity index (χ1) is 8.86. The van der Waals surface area contributed by atoms with Crippen LogP contribution in [0.3, 0.4) is 0 Å². The van der Waals surface area contributed by atoms with E-state index in [4.69, 9.17) is 5.73 Å². The number of nitrogens with one attached hydrogen (secondary N) is 1. The second-order valence-electron chi connectivity index (χ2n) is 4.51. The molecular formula is C14H16N2O2S. The van der Waals surface area contributed by atoms with Crippen LogP contribution in [-0.2, 0) is 9.84 Å². The molecule has 0 heterocycles. The third-order valence-corrected chi connectivity index (χ3v) is 3.89. The number of benzene rings is 2. The lowest BCUT2D eigenvalue weighted by atomic mass is 10.2. The van der Waals surface area contributed by atoms with Gasteiger partial charge >= 0.3 is 0 Å². The minimum atomic E-state index is -3.23. The summed E-state index contributed by atoms with van der Waals surface area (Å²) in [5.74, 6) is 0. The van der Waals surface area contributed by atoms with Crippen LogP contribution in [0.4, 0.5) is 17.1 Å². The van der Waals surface area contributed by atoms with Gasteiger partial charge in [-0.25, -0.2) is 8.42 Å². The molecule has 0 bridgehead atoms. The van der Waals surface area contributed by atoms with E-state index in [0.717, 1.165) is 11.9 Å². The number of hydrogen-bond acceptors (Lipinski definition) is 4. The van der Waals surface area contributed by atoms with Gasteiger partial charge in [-0.15, -0.1) is 0 Å². The van der Waals surface area contributed by atoms with E-state index in [1.807, 2.05) is 31.2 Å². The number of nitrogen functional groups attached to an aromatic ring is 1. The first-order valence-electron chi connectivity index (χ1n) is 5.79. The van der Waals surface area contributed by atoms with Crippen molar-refractivity contribution >= 4 is 26.9 Å². The molecule has 2 rings (SSSR count). The topological polar surface area (TPSA) is 72.2 Å². The highest BCUT2D eigenvalue weighted by molar-refractivity contribution is 7.90. The average Bonchev–Trinajstić information content (AvgIpc) is 2.33. The van der Waals surface area contributed by atoms with Crippen molar-refractivity contribution in [2.24, 2.45) is 0 Å². The van der Waals surface area contributed by atoms with Crippen LogP contribution < -0.4 is 11.1 Å². The van der Waals surface area contributed by atoms with Crippen LogP contribution in [0.5, 0.6) is 0 Å². The third kappa shape index (κ3) is 3.26. The Balaban J connectivity index is 2.29. The highest BCUT2D eigenvalue weighted by Gasteiger charge is 2.09. The van der Waals surface area contributed by atoms with Gasteiger partial charge in [-0.2, -0.15) is 0 Å². The van der Waals surface area contributed by atoms with Crippen LogP contribution in [0.1, 0.15) is 5.56 Å². The Morgan fingerprint density at radius 3 is 2.21 bits per heavy atom. The van der Waals surface area contributed by atoms with Crippen molar-refractivity contribution in [3.63, 3.8) is 0 Å². The molecule has 4 nitrogen and oxygen atoms in total. The number of hydrogen-bond donors (Lipinski definition) is 2. The van der Waals surface area contributed by atoms with Gasteiger partial charge in [-0.05, 0) is 37.3 Å². The lowest BCUT2D eigenvalue weighted by molar-refractivity contribution is 0.602. The molecule has 100 valence electrons. The van der Waals surface area contributed by atoms with Gasteiger partial charge in [0.05, 0.1) is 16.3 Å². The first-order valence-corrected chi connectivity index (χ1v) is 7.69. The predicted octanol–water partition coefficient (Wildman–Crippen LogP) is 2.72. The smallest absolute Gasteiger partial charge is 0.175 e. The third-order valence-electron chi connectivity index (χ3n) is 2.78. The molecule has 0 amide bonds. The summed E-state index contributed by atoms with van der Waals surface area (Å²) in [6, 6.07) is 12.5. The number of sulfone groups is 1. The molecule has 2 aromatic carbocycles. The maximum atomic E-state index is 11.4. The second-order valence-corrected chi connectivity index (χ2v) is 6.53. The molecule has 0 saturated heterocycles. The zero-order valence-corrected chi connectivity index (χ0v) is 11.7. The maximum Gasteiger partial charge on any atom is 0.175 e. The Labute approximate surface area is 113 Å². The van der Waals surface area contributed by atoms with Crippen molar-refractivity contribution in [3.05, 3.63) is 48.0 Å². The molecule has 0 aliphatic carbocycles. The predicted molar refractivity (Wildman–Crippen MR) is 78.4 cm³/mol. The summed E-state index contributed by atoms with van der Waals surface area (Å²) in [5, 5.41) is 3.16. The number of nitrogens with two attached hydrogens (primary N) is 1. The van der Waals surface area contributed by atoms with Gasteiger partial charge in [-0.1, -0.05) is 17.7 Å². The largest absolute Gasteiger partial charge is 0.397 e.